The highest BCUT2D eigenvalue weighted by Crippen LogP contribution is 2.30. The van der Waals surface area contributed by atoms with Gasteiger partial charge in [0.2, 0.25) is 11.8 Å². The van der Waals surface area contributed by atoms with Crippen molar-refractivity contribution in [2.75, 3.05) is 26.3 Å². The fraction of sp³-hybridized carbons (Fsp3) is 0.394. The van der Waals surface area contributed by atoms with Gasteiger partial charge in [-0.05, 0) is 48.2 Å². The Labute approximate surface area is 242 Å². The third-order valence-electron chi connectivity index (χ3n) is 6.84. The number of carbonyl (C=O) groups excluding carboxylic acids is 4. The third kappa shape index (κ3) is 9.17. The normalized spacial score (nSPS) is 12.3. The minimum Gasteiger partial charge on any atom is -0.466 e. The van der Waals surface area contributed by atoms with Gasteiger partial charge in [0.05, 0.1) is 19.6 Å². The molecular formula is C33H40N2O6. The van der Waals surface area contributed by atoms with Gasteiger partial charge in [-0.2, -0.15) is 0 Å². The lowest BCUT2D eigenvalue weighted by atomic mass is 9.91. The Hall–Kier alpha value is -4.20. The number of benzene rings is 3. The second-order valence-electron chi connectivity index (χ2n) is 9.79. The minimum absolute atomic E-state index is 0.0157. The number of nitrogens with one attached hydrogen (secondary N) is 1. The van der Waals surface area contributed by atoms with Crippen molar-refractivity contribution in [3.8, 4) is 0 Å². The molecule has 8 nitrogen and oxygen atoms in total. The van der Waals surface area contributed by atoms with Gasteiger partial charge >= 0.3 is 11.9 Å². The average Bonchev–Trinajstić information content (AvgIpc) is 2.98. The largest absolute Gasteiger partial charge is 0.466 e. The quantitative estimate of drug-likeness (QED) is 0.253. The van der Waals surface area contributed by atoms with E-state index in [2.05, 4.69) is 5.32 Å². The van der Waals surface area contributed by atoms with Crippen molar-refractivity contribution in [3.63, 3.8) is 0 Å². The van der Waals surface area contributed by atoms with E-state index in [4.69, 9.17) is 9.47 Å². The lowest BCUT2D eigenvalue weighted by Gasteiger charge is -2.33. The average molecular weight is 561 g/mol. The van der Waals surface area contributed by atoms with Crippen LogP contribution in [-0.4, -0.2) is 55.0 Å². The Balaban J connectivity index is 1.99. The molecule has 0 spiro atoms. The van der Waals surface area contributed by atoms with Gasteiger partial charge in [-0.15, -0.1) is 0 Å². The highest BCUT2D eigenvalue weighted by molar-refractivity contribution is 5.92. The molecule has 0 aromatic heterocycles. The van der Waals surface area contributed by atoms with Crippen LogP contribution in [0.2, 0.25) is 0 Å². The first-order valence-corrected chi connectivity index (χ1v) is 14.3. The zero-order valence-electron chi connectivity index (χ0n) is 24.1. The Morgan fingerprint density at radius 2 is 1.41 bits per heavy atom. The van der Waals surface area contributed by atoms with Crippen LogP contribution in [0.1, 0.15) is 69.5 Å². The highest BCUT2D eigenvalue weighted by atomic mass is 16.5. The van der Waals surface area contributed by atoms with Crippen molar-refractivity contribution < 1.29 is 28.7 Å². The topological polar surface area (TPSA) is 102 Å². The molecule has 0 bridgehead atoms. The van der Waals surface area contributed by atoms with Crippen LogP contribution in [0.5, 0.6) is 0 Å². The molecule has 218 valence electrons. The van der Waals surface area contributed by atoms with Crippen molar-refractivity contribution in [1.29, 1.82) is 0 Å². The van der Waals surface area contributed by atoms with Gasteiger partial charge in [-0.1, -0.05) is 80.1 Å². The molecule has 1 unspecified atom stereocenters. The molecule has 2 atom stereocenters. The van der Waals surface area contributed by atoms with Gasteiger partial charge in [0.1, 0.15) is 12.6 Å². The predicted octanol–water partition coefficient (Wildman–Crippen LogP) is 5.32. The number of ether oxygens (including phenoxy) is 2. The molecule has 0 radical (unpaired) electrons. The van der Waals surface area contributed by atoms with Crippen LogP contribution in [0.4, 0.5) is 0 Å². The first-order valence-electron chi connectivity index (χ1n) is 14.3. The SMILES string of the molecule is CCCCN(C(=O)C[C@@H](CC(=O)OCC)c1ccccc1)C(C(=O)NCC(=O)OCC)c1ccc2ccccc2c1. The smallest absolute Gasteiger partial charge is 0.325 e. The maximum atomic E-state index is 14.1. The number of hydrogen-bond donors (Lipinski definition) is 1. The molecule has 2 amide bonds. The summed E-state index contributed by atoms with van der Waals surface area (Å²) >= 11 is 0. The van der Waals surface area contributed by atoms with Crippen LogP contribution in [0.3, 0.4) is 0 Å². The van der Waals surface area contributed by atoms with E-state index in [9.17, 15) is 19.2 Å². The van der Waals surface area contributed by atoms with E-state index in [1.54, 1.807) is 18.7 Å². The molecule has 8 heteroatoms. The van der Waals surface area contributed by atoms with Crippen LogP contribution in [-0.2, 0) is 28.7 Å². The first kappa shape index (κ1) is 31.3. The van der Waals surface area contributed by atoms with Gasteiger partial charge in [0, 0.05) is 18.9 Å². The van der Waals surface area contributed by atoms with E-state index in [1.165, 1.54) is 0 Å². The summed E-state index contributed by atoms with van der Waals surface area (Å²) in [4.78, 5) is 53.9. The summed E-state index contributed by atoms with van der Waals surface area (Å²) in [5.74, 6) is -2.09. The molecule has 1 N–H and O–H groups in total. The molecule has 41 heavy (non-hydrogen) atoms. The summed E-state index contributed by atoms with van der Waals surface area (Å²) in [6, 6.07) is 21.9. The summed E-state index contributed by atoms with van der Waals surface area (Å²) in [5.41, 5.74) is 1.48. The van der Waals surface area contributed by atoms with Crippen LogP contribution in [0.15, 0.2) is 72.8 Å². The van der Waals surface area contributed by atoms with Gasteiger partial charge < -0.3 is 19.7 Å². The van der Waals surface area contributed by atoms with E-state index in [0.29, 0.717) is 18.5 Å². The van der Waals surface area contributed by atoms with Crippen LogP contribution < -0.4 is 5.32 Å². The molecule has 3 aromatic rings. The lowest BCUT2D eigenvalue weighted by Crippen LogP contribution is -2.45. The number of rotatable bonds is 15. The minimum atomic E-state index is -0.980. The number of hydrogen-bond acceptors (Lipinski definition) is 6. The second-order valence-corrected chi connectivity index (χ2v) is 9.79. The summed E-state index contributed by atoms with van der Waals surface area (Å²) in [6.45, 7) is 5.94. The maximum absolute atomic E-state index is 14.1. The summed E-state index contributed by atoms with van der Waals surface area (Å²) in [6.07, 6.45) is 1.54. The number of fused-ring (bicyclic) bond motifs is 1. The highest BCUT2D eigenvalue weighted by Gasteiger charge is 2.33. The Bertz CT molecular complexity index is 1310. The summed E-state index contributed by atoms with van der Waals surface area (Å²) in [7, 11) is 0. The fourth-order valence-corrected chi connectivity index (χ4v) is 4.83. The maximum Gasteiger partial charge on any atom is 0.325 e. The Morgan fingerprint density at radius 1 is 0.756 bits per heavy atom. The van der Waals surface area contributed by atoms with E-state index >= 15 is 0 Å². The van der Waals surface area contributed by atoms with Crippen LogP contribution in [0, 0.1) is 0 Å². The zero-order chi connectivity index (χ0) is 29.6. The number of carbonyl (C=O) groups is 4. The van der Waals surface area contributed by atoms with Crippen LogP contribution >= 0.6 is 0 Å². The summed E-state index contributed by atoms with van der Waals surface area (Å²) in [5, 5.41) is 4.62. The molecule has 3 aromatic carbocycles. The van der Waals surface area contributed by atoms with Crippen molar-refractivity contribution in [3.05, 3.63) is 83.9 Å². The molecular weight excluding hydrogens is 520 g/mol. The number of nitrogens with zero attached hydrogens (tertiary/aromatic N) is 1. The monoisotopic (exact) mass is 560 g/mol. The van der Waals surface area contributed by atoms with E-state index < -0.39 is 23.8 Å². The third-order valence-corrected chi connectivity index (χ3v) is 6.84. The van der Waals surface area contributed by atoms with Gasteiger partial charge in [0.25, 0.3) is 0 Å². The standard InChI is InChI=1S/C33H40N2O6/c1-4-7-19-35(29(36)21-28(22-30(37)40-5-2)24-13-9-8-10-14-24)32(33(39)34-23-31(38)41-6-3)27-18-17-25-15-11-12-16-26(25)20-27/h8-18,20,28,32H,4-7,19,21-23H2,1-3H3,(H,34,39)/t28-,32?/m0/s1. The van der Waals surface area contributed by atoms with Crippen molar-refractivity contribution in [1.82, 2.24) is 10.2 Å². The number of esters is 2. The van der Waals surface area contributed by atoms with Gasteiger partial charge in [0.15, 0.2) is 0 Å². The second kappa shape index (κ2) is 16.2. The van der Waals surface area contributed by atoms with Crippen molar-refractivity contribution in [2.24, 2.45) is 0 Å². The molecule has 0 aliphatic rings. The molecule has 0 aliphatic heterocycles. The van der Waals surface area contributed by atoms with E-state index in [1.807, 2.05) is 79.7 Å². The van der Waals surface area contributed by atoms with Gasteiger partial charge in [-0.3, -0.25) is 19.2 Å². The first-order chi connectivity index (χ1) is 19.9. The summed E-state index contributed by atoms with van der Waals surface area (Å²) < 4.78 is 10.2. The Kier molecular flexibility index (Phi) is 12.3. The molecule has 3 rings (SSSR count). The lowest BCUT2D eigenvalue weighted by molar-refractivity contribution is -0.145. The van der Waals surface area contributed by atoms with Crippen molar-refractivity contribution in [2.45, 2.75) is 58.4 Å². The molecule has 0 saturated carbocycles. The molecule has 0 aliphatic carbocycles. The zero-order valence-corrected chi connectivity index (χ0v) is 24.1. The van der Waals surface area contributed by atoms with Crippen LogP contribution in [0.25, 0.3) is 10.8 Å². The fourth-order valence-electron chi connectivity index (χ4n) is 4.83. The number of amides is 2. The molecule has 0 fully saturated rings. The Morgan fingerprint density at radius 3 is 2.10 bits per heavy atom. The van der Waals surface area contributed by atoms with Crippen molar-refractivity contribution >= 4 is 34.5 Å². The van der Waals surface area contributed by atoms with E-state index in [-0.39, 0.29) is 44.5 Å². The molecule has 0 saturated heterocycles. The molecule has 0 heterocycles. The predicted molar refractivity (Wildman–Crippen MR) is 158 cm³/mol. The number of unbranched alkanes of at least 4 members (excludes halogenated alkanes) is 1. The van der Waals surface area contributed by atoms with E-state index in [0.717, 1.165) is 22.8 Å². The van der Waals surface area contributed by atoms with Gasteiger partial charge in [-0.25, -0.2) is 0 Å².